The summed E-state index contributed by atoms with van der Waals surface area (Å²) in [6.07, 6.45) is 1.77. The van der Waals surface area contributed by atoms with Crippen molar-refractivity contribution in [2.24, 2.45) is 0 Å². The van der Waals surface area contributed by atoms with Crippen LogP contribution in [-0.2, 0) is 9.53 Å². The molecule has 3 N–H and O–H groups in total. The van der Waals surface area contributed by atoms with E-state index in [-0.39, 0.29) is 0 Å². The maximum absolute atomic E-state index is 11.9. The molecule has 8 nitrogen and oxygen atoms in total. The zero-order chi connectivity index (χ0) is 16.5. The van der Waals surface area contributed by atoms with Gasteiger partial charge >= 0.3 is 12.0 Å². The Labute approximate surface area is 132 Å². The van der Waals surface area contributed by atoms with E-state index in [9.17, 15) is 14.4 Å². The Hall–Kier alpha value is -2.16. The number of hydrogen-bond donors (Lipinski definition) is 3. The van der Waals surface area contributed by atoms with Crippen LogP contribution in [0.1, 0.15) is 35.8 Å². The van der Waals surface area contributed by atoms with Gasteiger partial charge in [0.1, 0.15) is 10.6 Å². The summed E-state index contributed by atoms with van der Waals surface area (Å²) in [6.45, 7) is 3.62. The van der Waals surface area contributed by atoms with Crippen LogP contribution in [0.25, 0.3) is 0 Å². The van der Waals surface area contributed by atoms with Crippen molar-refractivity contribution in [3.8, 4) is 0 Å². The highest BCUT2D eigenvalue weighted by atomic mass is 32.1. The summed E-state index contributed by atoms with van der Waals surface area (Å²) in [5.74, 6) is -1.34. The first-order valence-corrected chi connectivity index (χ1v) is 7.65. The smallest absolute Gasteiger partial charge is 0.343 e. The summed E-state index contributed by atoms with van der Waals surface area (Å²) in [5, 5.41) is 8.02. The van der Waals surface area contributed by atoms with Crippen LogP contribution in [0, 0.1) is 6.92 Å². The van der Waals surface area contributed by atoms with Crippen LogP contribution in [-0.4, -0.2) is 42.5 Å². The molecule has 0 spiro atoms. The van der Waals surface area contributed by atoms with Gasteiger partial charge in [0.25, 0.3) is 5.91 Å². The molecule has 0 saturated heterocycles. The summed E-state index contributed by atoms with van der Waals surface area (Å²) in [7, 11) is 1.66. The summed E-state index contributed by atoms with van der Waals surface area (Å²) in [6, 6.07) is -0.598. The van der Waals surface area contributed by atoms with Gasteiger partial charge in [0, 0.05) is 13.6 Å². The van der Waals surface area contributed by atoms with Crippen LogP contribution in [0.4, 0.5) is 9.80 Å². The van der Waals surface area contributed by atoms with Crippen molar-refractivity contribution in [2.75, 3.05) is 25.5 Å². The van der Waals surface area contributed by atoms with E-state index in [4.69, 9.17) is 4.74 Å². The van der Waals surface area contributed by atoms with Gasteiger partial charge in [-0.05, 0) is 24.9 Å². The van der Waals surface area contributed by atoms with Crippen LogP contribution in [0.5, 0.6) is 0 Å². The molecule has 0 atom stereocenters. The van der Waals surface area contributed by atoms with Crippen LogP contribution < -0.4 is 16.0 Å². The molecule has 1 aromatic rings. The van der Waals surface area contributed by atoms with Crippen LogP contribution in [0.15, 0.2) is 0 Å². The third kappa shape index (κ3) is 5.32. The lowest BCUT2D eigenvalue weighted by Crippen LogP contribution is -2.41. The number of hydrogen-bond acceptors (Lipinski definition) is 7. The number of aromatic nitrogens is 1. The molecule has 0 unspecified atom stereocenters. The Morgan fingerprint density at radius 1 is 1.32 bits per heavy atom. The van der Waals surface area contributed by atoms with E-state index >= 15 is 0 Å². The number of rotatable bonds is 7. The van der Waals surface area contributed by atoms with Gasteiger partial charge in [0.15, 0.2) is 6.61 Å². The Bertz CT molecular complexity index is 544. The normalized spacial score (nSPS) is 9.95. The highest BCUT2D eigenvalue weighted by Crippen LogP contribution is 2.24. The monoisotopic (exact) mass is 328 g/mol. The number of urea groups is 1. The molecule has 3 amide bonds. The summed E-state index contributed by atoms with van der Waals surface area (Å²) in [4.78, 5) is 34.8. The van der Waals surface area contributed by atoms with E-state index in [1.54, 1.807) is 14.0 Å². The third-order valence-corrected chi connectivity index (χ3v) is 3.65. The van der Waals surface area contributed by atoms with E-state index in [0.29, 0.717) is 22.8 Å². The van der Waals surface area contributed by atoms with Crippen LogP contribution in [0.2, 0.25) is 0 Å². The maximum atomic E-state index is 11.9. The minimum atomic E-state index is -0.686. The van der Waals surface area contributed by atoms with Gasteiger partial charge in [-0.15, -0.1) is 0 Å². The number of aryl methyl sites for hydroxylation is 1. The van der Waals surface area contributed by atoms with Gasteiger partial charge < -0.3 is 15.4 Å². The second-order valence-corrected chi connectivity index (χ2v) is 5.23. The molecule has 122 valence electrons. The first kappa shape index (κ1) is 17.9. The number of amides is 3. The average Bonchev–Trinajstić information content (AvgIpc) is 2.86. The van der Waals surface area contributed by atoms with Crippen LogP contribution in [0.3, 0.4) is 0 Å². The average molecular weight is 328 g/mol. The lowest BCUT2D eigenvalue weighted by atomic mass is 10.2. The molecular formula is C13H20N4O4S. The highest BCUT2D eigenvalue weighted by Gasteiger charge is 2.20. The maximum Gasteiger partial charge on any atom is 0.343 e. The van der Waals surface area contributed by atoms with Gasteiger partial charge in [-0.3, -0.25) is 10.1 Å². The summed E-state index contributed by atoms with van der Waals surface area (Å²) >= 11 is 1.13. The molecule has 0 aliphatic carbocycles. The van der Waals surface area contributed by atoms with E-state index < -0.39 is 24.5 Å². The molecule has 0 aliphatic heterocycles. The molecule has 1 rings (SSSR count). The fourth-order valence-corrected chi connectivity index (χ4v) is 2.30. The van der Waals surface area contributed by atoms with Crippen molar-refractivity contribution in [1.82, 2.24) is 15.0 Å². The standard InChI is InChI=1S/C13H20N4O4S/c1-4-5-6-15-13(20)16-9(18)7-21-12(19)10-8(2)17-22-11(10)14-3/h14H,4-7H2,1-3H3,(H2,15,16,18,20). The molecule has 0 aromatic carbocycles. The predicted octanol–water partition coefficient (Wildman–Crippen LogP) is 1.28. The van der Waals surface area contributed by atoms with E-state index in [0.717, 1.165) is 24.4 Å². The van der Waals surface area contributed by atoms with Crippen molar-refractivity contribution < 1.29 is 19.1 Å². The third-order valence-electron chi connectivity index (χ3n) is 2.70. The van der Waals surface area contributed by atoms with E-state index in [2.05, 4.69) is 20.3 Å². The van der Waals surface area contributed by atoms with Gasteiger partial charge in [-0.1, -0.05) is 13.3 Å². The largest absolute Gasteiger partial charge is 0.452 e. The Balaban J connectivity index is 2.42. The van der Waals surface area contributed by atoms with Crippen molar-refractivity contribution in [1.29, 1.82) is 0 Å². The van der Waals surface area contributed by atoms with Gasteiger partial charge in [0.05, 0.1) is 5.69 Å². The highest BCUT2D eigenvalue weighted by molar-refractivity contribution is 7.10. The van der Waals surface area contributed by atoms with Gasteiger partial charge in [-0.2, -0.15) is 4.37 Å². The molecular weight excluding hydrogens is 308 g/mol. The number of nitrogens with zero attached hydrogens (tertiary/aromatic N) is 1. The number of unbranched alkanes of at least 4 members (excludes halogenated alkanes) is 1. The molecule has 1 heterocycles. The summed E-state index contributed by atoms with van der Waals surface area (Å²) < 4.78 is 8.93. The SMILES string of the molecule is CCCCNC(=O)NC(=O)COC(=O)c1c(C)nsc1NC. The molecule has 22 heavy (non-hydrogen) atoms. The molecule has 1 aromatic heterocycles. The van der Waals surface area contributed by atoms with E-state index in [1.807, 2.05) is 6.92 Å². The Morgan fingerprint density at radius 3 is 2.68 bits per heavy atom. The number of carbonyl (C=O) groups is 3. The number of nitrogens with one attached hydrogen (secondary N) is 3. The molecule has 0 fully saturated rings. The second-order valence-electron chi connectivity index (χ2n) is 4.46. The molecule has 0 aliphatic rings. The number of anilines is 1. The zero-order valence-corrected chi connectivity index (χ0v) is 13.6. The van der Waals surface area contributed by atoms with Gasteiger partial charge in [-0.25, -0.2) is 9.59 Å². The minimum absolute atomic E-state index is 0.299. The topological polar surface area (TPSA) is 109 Å². The molecule has 0 radical (unpaired) electrons. The second kappa shape index (κ2) is 8.98. The quantitative estimate of drug-likeness (QED) is 0.514. The predicted molar refractivity (Wildman–Crippen MR) is 83.1 cm³/mol. The van der Waals surface area contributed by atoms with Crippen molar-refractivity contribution in [2.45, 2.75) is 26.7 Å². The van der Waals surface area contributed by atoms with Crippen molar-refractivity contribution in [3.05, 3.63) is 11.3 Å². The number of ether oxygens (including phenoxy) is 1. The first-order valence-electron chi connectivity index (χ1n) is 6.88. The zero-order valence-electron chi connectivity index (χ0n) is 12.8. The van der Waals surface area contributed by atoms with Gasteiger partial charge in [0.2, 0.25) is 0 Å². The first-order chi connectivity index (χ1) is 10.5. The number of imide groups is 1. The van der Waals surface area contributed by atoms with Crippen molar-refractivity contribution >= 4 is 34.4 Å². The minimum Gasteiger partial charge on any atom is -0.452 e. The van der Waals surface area contributed by atoms with E-state index in [1.165, 1.54) is 0 Å². The molecule has 0 saturated carbocycles. The number of esters is 1. The lowest BCUT2D eigenvalue weighted by molar-refractivity contribution is -0.123. The Morgan fingerprint density at radius 2 is 2.05 bits per heavy atom. The van der Waals surface area contributed by atoms with Crippen LogP contribution >= 0.6 is 11.5 Å². The fraction of sp³-hybridized carbons (Fsp3) is 0.538. The van der Waals surface area contributed by atoms with Crippen molar-refractivity contribution in [3.63, 3.8) is 0 Å². The Kier molecular flexibility index (Phi) is 7.30. The molecule has 0 bridgehead atoms. The lowest BCUT2D eigenvalue weighted by Gasteiger charge is -2.07. The fourth-order valence-electron chi connectivity index (χ4n) is 1.57. The molecule has 9 heteroatoms. The number of carbonyl (C=O) groups excluding carboxylic acids is 3. The summed E-state index contributed by atoms with van der Waals surface area (Å²) in [5.41, 5.74) is 0.824.